The van der Waals surface area contributed by atoms with Crippen LogP contribution in [-0.2, 0) is 16.6 Å². The minimum atomic E-state index is -3.74. The van der Waals surface area contributed by atoms with Crippen LogP contribution < -0.4 is 10.5 Å². The Morgan fingerprint density at radius 1 is 1.41 bits per heavy atom. The molecule has 0 fully saturated rings. The largest absolute Gasteiger partial charge is 0.396 e. The summed E-state index contributed by atoms with van der Waals surface area (Å²) in [5.41, 5.74) is 5.63. The quantitative estimate of drug-likeness (QED) is 0.659. The second kappa shape index (κ2) is 4.47. The Balaban J connectivity index is 2.17. The molecule has 0 aromatic carbocycles. The zero-order valence-corrected chi connectivity index (χ0v) is 9.48. The van der Waals surface area contributed by atoms with Crippen LogP contribution in [-0.4, -0.2) is 28.6 Å². The van der Waals surface area contributed by atoms with E-state index in [9.17, 15) is 8.42 Å². The van der Waals surface area contributed by atoms with E-state index in [-0.39, 0.29) is 17.3 Å². The van der Waals surface area contributed by atoms with E-state index in [4.69, 9.17) is 5.73 Å². The number of rotatable bonds is 4. The van der Waals surface area contributed by atoms with Crippen molar-refractivity contribution in [3.05, 3.63) is 30.5 Å². The normalized spacial score (nSPS) is 11.5. The van der Waals surface area contributed by atoms with E-state index in [1.165, 1.54) is 18.6 Å². The van der Waals surface area contributed by atoms with Crippen molar-refractivity contribution in [2.24, 2.45) is 0 Å². The number of sulfonamides is 1. The third kappa shape index (κ3) is 2.57. The monoisotopic (exact) mass is 254 g/mol. The molecule has 2 aromatic heterocycles. The van der Waals surface area contributed by atoms with Crippen molar-refractivity contribution in [2.75, 3.05) is 5.73 Å². The molecule has 0 aliphatic rings. The van der Waals surface area contributed by atoms with Crippen molar-refractivity contribution < 1.29 is 8.42 Å². The van der Waals surface area contributed by atoms with E-state index in [1.807, 2.05) is 0 Å². The minimum Gasteiger partial charge on any atom is -0.396 e. The van der Waals surface area contributed by atoms with Crippen LogP contribution in [0.1, 0.15) is 5.82 Å². The molecular weight excluding hydrogens is 244 g/mol. The first-order valence-electron chi connectivity index (χ1n) is 4.64. The summed E-state index contributed by atoms with van der Waals surface area (Å²) in [6.07, 6.45) is 2.65. The van der Waals surface area contributed by atoms with Gasteiger partial charge in [-0.1, -0.05) is 0 Å². The predicted molar refractivity (Wildman–Crippen MR) is 59.1 cm³/mol. The van der Waals surface area contributed by atoms with E-state index >= 15 is 0 Å². The summed E-state index contributed by atoms with van der Waals surface area (Å²) in [7, 11) is -3.74. The van der Waals surface area contributed by atoms with Gasteiger partial charge in [0, 0.05) is 6.20 Å². The molecule has 0 radical (unpaired) electrons. The van der Waals surface area contributed by atoms with Gasteiger partial charge in [0.05, 0.1) is 12.2 Å². The Hall–Kier alpha value is -2.00. The molecule has 90 valence electrons. The molecule has 2 aromatic rings. The molecule has 0 unspecified atom stereocenters. The first kappa shape index (κ1) is 11.5. The Morgan fingerprint density at radius 3 is 2.88 bits per heavy atom. The predicted octanol–water partition coefficient (Wildman–Crippen LogP) is -0.740. The number of nitrogens with one attached hydrogen (secondary N) is 2. The van der Waals surface area contributed by atoms with Crippen molar-refractivity contribution in [2.45, 2.75) is 11.6 Å². The Bertz CT molecular complexity index is 594. The molecule has 0 saturated heterocycles. The highest BCUT2D eigenvalue weighted by Crippen LogP contribution is 2.13. The molecule has 0 atom stereocenters. The van der Waals surface area contributed by atoms with Crippen LogP contribution in [0.15, 0.2) is 29.7 Å². The standard InChI is InChI=1S/C8H10N6O2S/c9-6-2-1-3-10-8(6)17(15,16)13-4-7-11-5-12-14-7/h1-3,5,13H,4,9H2,(H,11,12,14). The summed E-state index contributed by atoms with van der Waals surface area (Å²) >= 11 is 0. The lowest BCUT2D eigenvalue weighted by molar-refractivity contribution is 0.576. The molecule has 0 aliphatic carbocycles. The highest BCUT2D eigenvalue weighted by atomic mass is 32.2. The average Bonchev–Trinajstić information content (AvgIpc) is 2.80. The second-order valence-electron chi connectivity index (χ2n) is 3.15. The summed E-state index contributed by atoms with van der Waals surface area (Å²) in [5, 5.41) is 5.94. The molecule has 0 saturated carbocycles. The summed E-state index contributed by atoms with van der Waals surface area (Å²) in [4.78, 5) is 7.52. The lowest BCUT2D eigenvalue weighted by atomic mass is 10.4. The van der Waals surface area contributed by atoms with Crippen LogP contribution in [0.3, 0.4) is 0 Å². The molecular formula is C8H10N6O2S. The summed E-state index contributed by atoms with van der Waals surface area (Å²) in [6.45, 7) is -0.00164. The van der Waals surface area contributed by atoms with Gasteiger partial charge in [-0.05, 0) is 12.1 Å². The van der Waals surface area contributed by atoms with E-state index in [0.29, 0.717) is 5.82 Å². The van der Waals surface area contributed by atoms with Crippen LogP contribution in [0.5, 0.6) is 0 Å². The number of aromatic amines is 1. The number of nitrogen functional groups attached to an aromatic ring is 1. The lowest BCUT2D eigenvalue weighted by Crippen LogP contribution is -2.25. The highest BCUT2D eigenvalue weighted by molar-refractivity contribution is 7.89. The number of hydrogen-bond donors (Lipinski definition) is 3. The van der Waals surface area contributed by atoms with Gasteiger partial charge in [-0.15, -0.1) is 0 Å². The number of nitrogens with zero attached hydrogens (tertiary/aromatic N) is 3. The van der Waals surface area contributed by atoms with Gasteiger partial charge in [-0.2, -0.15) is 5.10 Å². The van der Waals surface area contributed by atoms with E-state index in [0.717, 1.165) is 0 Å². The maximum absolute atomic E-state index is 11.8. The first-order chi connectivity index (χ1) is 8.09. The van der Waals surface area contributed by atoms with Crippen LogP contribution >= 0.6 is 0 Å². The van der Waals surface area contributed by atoms with Gasteiger partial charge in [-0.25, -0.2) is 23.1 Å². The Morgan fingerprint density at radius 2 is 2.24 bits per heavy atom. The first-order valence-corrected chi connectivity index (χ1v) is 6.12. The number of nitrogens with two attached hydrogens (primary N) is 1. The molecule has 9 heteroatoms. The summed E-state index contributed by atoms with van der Waals surface area (Å²) in [5.74, 6) is 0.406. The van der Waals surface area contributed by atoms with Crippen LogP contribution in [0.25, 0.3) is 0 Å². The average molecular weight is 254 g/mol. The number of aromatic nitrogens is 4. The lowest BCUT2D eigenvalue weighted by Gasteiger charge is -2.06. The fraction of sp³-hybridized carbons (Fsp3) is 0.125. The van der Waals surface area contributed by atoms with Gasteiger partial charge in [0.1, 0.15) is 12.2 Å². The van der Waals surface area contributed by atoms with Gasteiger partial charge in [0.15, 0.2) is 5.03 Å². The van der Waals surface area contributed by atoms with Crippen LogP contribution in [0.2, 0.25) is 0 Å². The number of pyridine rings is 1. The van der Waals surface area contributed by atoms with Gasteiger partial charge >= 0.3 is 0 Å². The summed E-state index contributed by atoms with van der Waals surface area (Å²) < 4.78 is 26.0. The topological polar surface area (TPSA) is 127 Å². The fourth-order valence-electron chi connectivity index (χ4n) is 1.18. The third-order valence-electron chi connectivity index (χ3n) is 1.95. The van der Waals surface area contributed by atoms with E-state index in [2.05, 4.69) is 24.9 Å². The molecule has 8 nitrogen and oxygen atoms in total. The zero-order chi connectivity index (χ0) is 12.3. The van der Waals surface area contributed by atoms with Gasteiger partial charge in [0.2, 0.25) is 0 Å². The van der Waals surface area contributed by atoms with Crippen molar-refractivity contribution in [1.82, 2.24) is 24.9 Å². The van der Waals surface area contributed by atoms with Gasteiger partial charge in [-0.3, -0.25) is 5.10 Å². The van der Waals surface area contributed by atoms with E-state index in [1.54, 1.807) is 6.07 Å². The smallest absolute Gasteiger partial charge is 0.260 e. The molecule has 2 heterocycles. The van der Waals surface area contributed by atoms with Crippen LogP contribution in [0, 0.1) is 0 Å². The zero-order valence-electron chi connectivity index (χ0n) is 8.66. The van der Waals surface area contributed by atoms with Crippen molar-refractivity contribution >= 4 is 15.7 Å². The van der Waals surface area contributed by atoms with Crippen molar-refractivity contribution in [3.8, 4) is 0 Å². The molecule has 2 rings (SSSR count). The van der Waals surface area contributed by atoms with Gasteiger partial charge < -0.3 is 5.73 Å². The number of hydrogen-bond acceptors (Lipinski definition) is 6. The molecule has 0 aliphatic heterocycles. The van der Waals surface area contributed by atoms with Crippen LogP contribution in [0.4, 0.5) is 5.69 Å². The Kier molecular flexibility index (Phi) is 3.02. The Labute approximate surface area is 97.3 Å². The summed E-state index contributed by atoms with van der Waals surface area (Å²) in [6, 6.07) is 3.03. The van der Waals surface area contributed by atoms with Crippen molar-refractivity contribution in [1.29, 1.82) is 0 Å². The number of anilines is 1. The molecule has 0 spiro atoms. The minimum absolute atomic E-state index is 0.00164. The molecule has 0 amide bonds. The maximum Gasteiger partial charge on any atom is 0.260 e. The van der Waals surface area contributed by atoms with Crippen molar-refractivity contribution in [3.63, 3.8) is 0 Å². The second-order valence-corrected chi connectivity index (χ2v) is 4.84. The SMILES string of the molecule is Nc1cccnc1S(=O)(=O)NCc1ncn[nH]1. The van der Waals surface area contributed by atoms with Gasteiger partial charge in [0.25, 0.3) is 10.0 Å². The molecule has 0 bridgehead atoms. The molecule has 17 heavy (non-hydrogen) atoms. The third-order valence-corrected chi connectivity index (χ3v) is 3.32. The highest BCUT2D eigenvalue weighted by Gasteiger charge is 2.18. The maximum atomic E-state index is 11.8. The fourth-order valence-corrected chi connectivity index (χ4v) is 2.22. The number of H-pyrrole nitrogens is 1. The molecule has 4 N–H and O–H groups in total. The van der Waals surface area contributed by atoms with E-state index < -0.39 is 10.0 Å².